The molecular formula is C19H24N2O3. The first-order valence-electron chi connectivity index (χ1n) is 9.21. The van der Waals surface area contributed by atoms with Crippen LogP contribution in [0.4, 0.5) is 4.79 Å². The number of ether oxygens (including phenoxy) is 2. The van der Waals surface area contributed by atoms with Crippen molar-refractivity contribution in [3.05, 3.63) is 29.8 Å². The molecule has 3 heterocycles. The Bertz CT molecular complexity index is 658. The zero-order chi connectivity index (χ0) is 16.1. The first-order valence-corrected chi connectivity index (χ1v) is 9.21. The lowest BCUT2D eigenvalue weighted by Gasteiger charge is -2.48. The number of carbonyl (C=O) groups excluding carboxylic acids is 1. The molecular weight excluding hydrogens is 304 g/mol. The van der Waals surface area contributed by atoms with E-state index in [9.17, 15) is 4.79 Å². The Kier molecular flexibility index (Phi) is 3.27. The third-order valence-corrected chi connectivity index (χ3v) is 6.19. The summed E-state index contributed by atoms with van der Waals surface area (Å²) in [7, 11) is 0. The Labute approximate surface area is 142 Å². The van der Waals surface area contributed by atoms with Crippen molar-refractivity contribution >= 4 is 6.03 Å². The number of amides is 2. The average Bonchev–Trinajstić information content (AvgIpc) is 3.16. The van der Waals surface area contributed by atoms with Crippen molar-refractivity contribution in [2.24, 2.45) is 0 Å². The van der Waals surface area contributed by atoms with Crippen molar-refractivity contribution in [2.45, 2.75) is 74.8 Å². The van der Waals surface area contributed by atoms with Gasteiger partial charge in [-0.3, -0.25) is 0 Å². The number of urea groups is 1. The van der Waals surface area contributed by atoms with Crippen LogP contribution in [0.15, 0.2) is 24.3 Å². The Morgan fingerprint density at radius 3 is 2.75 bits per heavy atom. The van der Waals surface area contributed by atoms with Gasteiger partial charge >= 0.3 is 6.03 Å². The second kappa shape index (κ2) is 5.38. The summed E-state index contributed by atoms with van der Waals surface area (Å²) in [6.07, 6.45) is 7.96. The summed E-state index contributed by atoms with van der Waals surface area (Å²) in [6, 6.07) is 8.20. The molecule has 5 rings (SSSR count). The number of hydrogen-bond acceptors (Lipinski definition) is 3. The van der Waals surface area contributed by atoms with E-state index in [2.05, 4.69) is 16.7 Å². The second-order valence-electron chi connectivity index (χ2n) is 7.77. The van der Waals surface area contributed by atoms with Gasteiger partial charge in [-0.25, -0.2) is 4.79 Å². The predicted octanol–water partition coefficient (Wildman–Crippen LogP) is 3.05. The molecule has 4 atom stereocenters. The highest BCUT2D eigenvalue weighted by molar-refractivity contribution is 5.75. The molecule has 1 aromatic carbocycles. The largest absolute Gasteiger partial charge is 0.487 e. The van der Waals surface area contributed by atoms with Gasteiger partial charge < -0.3 is 20.1 Å². The van der Waals surface area contributed by atoms with E-state index < -0.39 is 0 Å². The highest BCUT2D eigenvalue weighted by atomic mass is 16.5. The highest BCUT2D eigenvalue weighted by Crippen LogP contribution is 2.48. The molecule has 1 aromatic rings. The monoisotopic (exact) mass is 328 g/mol. The summed E-state index contributed by atoms with van der Waals surface area (Å²) >= 11 is 0. The van der Waals surface area contributed by atoms with E-state index in [0.717, 1.165) is 49.8 Å². The number of rotatable bonds is 2. The quantitative estimate of drug-likeness (QED) is 0.877. The number of fused-ring (bicyclic) bond motifs is 3. The smallest absolute Gasteiger partial charge is 0.315 e. The number of benzene rings is 1. The summed E-state index contributed by atoms with van der Waals surface area (Å²) in [6.45, 7) is 0. The summed E-state index contributed by atoms with van der Waals surface area (Å²) in [5.74, 6) is 0.928. The zero-order valence-corrected chi connectivity index (χ0v) is 13.8. The fourth-order valence-corrected chi connectivity index (χ4v) is 4.78. The van der Waals surface area contributed by atoms with Gasteiger partial charge in [0.2, 0.25) is 0 Å². The van der Waals surface area contributed by atoms with Crippen LogP contribution in [0.25, 0.3) is 0 Å². The van der Waals surface area contributed by atoms with Crippen LogP contribution in [0.5, 0.6) is 5.75 Å². The highest BCUT2D eigenvalue weighted by Gasteiger charge is 2.46. The molecule has 2 amide bonds. The Morgan fingerprint density at radius 2 is 2.04 bits per heavy atom. The zero-order valence-electron chi connectivity index (χ0n) is 13.8. The molecule has 1 aliphatic carbocycles. The Morgan fingerprint density at radius 1 is 1.17 bits per heavy atom. The first kappa shape index (κ1) is 14.6. The summed E-state index contributed by atoms with van der Waals surface area (Å²) < 4.78 is 12.1. The van der Waals surface area contributed by atoms with Gasteiger partial charge in [0, 0.05) is 12.0 Å². The van der Waals surface area contributed by atoms with Crippen LogP contribution in [-0.4, -0.2) is 29.9 Å². The topological polar surface area (TPSA) is 59.6 Å². The number of para-hydroxylation sites is 1. The molecule has 24 heavy (non-hydrogen) atoms. The molecule has 4 aliphatic rings. The van der Waals surface area contributed by atoms with E-state index >= 15 is 0 Å². The molecule has 2 saturated heterocycles. The molecule has 5 nitrogen and oxygen atoms in total. The van der Waals surface area contributed by atoms with Crippen molar-refractivity contribution in [3.8, 4) is 5.75 Å². The van der Waals surface area contributed by atoms with Crippen molar-refractivity contribution in [1.29, 1.82) is 0 Å². The van der Waals surface area contributed by atoms with Crippen LogP contribution in [0.3, 0.4) is 0 Å². The second-order valence-corrected chi connectivity index (χ2v) is 7.77. The van der Waals surface area contributed by atoms with E-state index in [1.807, 2.05) is 18.2 Å². The molecule has 5 heteroatoms. The van der Waals surface area contributed by atoms with Gasteiger partial charge in [0.05, 0.1) is 24.3 Å². The molecule has 0 aromatic heterocycles. The van der Waals surface area contributed by atoms with Gasteiger partial charge in [-0.1, -0.05) is 18.2 Å². The molecule has 2 N–H and O–H groups in total. The van der Waals surface area contributed by atoms with E-state index in [-0.39, 0.29) is 29.8 Å². The molecule has 0 radical (unpaired) electrons. The minimum Gasteiger partial charge on any atom is -0.487 e. The lowest BCUT2D eigenvalue weighted by molar-refractivity contribution is -0.0356. The van der Waals surface area contributed by atoms with Crippen LogP contribution in [-0.2, 0) is 4.74 Å². The maximum atomic E-state index is 12.6. The molecule has 128 valence electrons. The van der Waals surface area contributed by atoms with Crippen molar-refractivity contribution in [3.63, 3.8) is 0 Å². The summed E-state index contributed by atoms with van der Waals surface area (Å²) in [4.78, 5) is 12.6. The normalized spacial score (nSPS) is 35.0. The third-order valence-electron chi connectivity index (χ3n) is 6.19. The van der Waals surface area contributed by atoms with Crippen molar-refractivity contribution < 1.29 is 14.3 Å². The molecule has 0 unspecified atom stereocenters. The minimum absolute atomic E-state index is 0.0229. The van der Waals surface area contributed by atoms with Gasteiger partial charge in [-0.15, -0.1) is 0 Å². The molecule has 3 fully saturated rings. The summed E-state index contributed by atoms with van der Waals surface area (Å²) in [5, 5.41) is 6.34. The fourth-order valence-electron chi connectivity index (χ4n) is 4.78. The van der Waals surface area contributed by atoms with Crippen molar-refractivity contribution in [1.82, 2.24) is 10.6 Å². The predicted molar refractivity (Wildman–Crippen MR) is 89.0 cm³/mol. The number of carbonyl (C=O) groups is 1. The van der Waals surface area contributed by atoms with Gasteiger partial charge in [0.25, 0.3) is 0 Å². The Hall–Kier alpha value is -1.75. The SMILES string of the molecule is O=C(N[C@H]1CC2(CCC2)Oc2ccccc21)N[C@@H]1C[C@H]2CC[C@H]1O2. The van der Waals surface area contributed by atoms with Gasteiger partial charge in [0.15, 0.2) is 0 Å². The molecule has 2 bridgehead atoms. The van der Waals surface area contributed by atoms with Crippen LogP contribution in [0.1, 0.15) is 56.6 Å². The number of hydrogen-bond donors (Lipinski definition) is 2. The van der Waals surface area contributed by atoms with E-state index in [1.54, 1.807) is 0 Å². The van der Waals surface area contributed by atoms with Crippen LogP contribution >= 0.6 is 0 Å². The number of nitrogens with one attached hydrogen (secondary N) is 2. The lowest BCUT2D eigenvalue weighted by atomic mass is 9.73. The fraction of sp³-hybridized carbons (Fsp3) is 0.632. The molecule has 1 spiro atoms. The van der Waals surface area contributed by atoms with E-state index in [1.165, 1.54) is 6.42 Å². The third kappa shape index (κ3) is 2.37. The Balaban J connectivity index is 1.30. The van der Waals surface area contributed by atoms with Crippen LogP contribution < -0.4 is 15.4 Å². The standard InChI is InChI=1S/C19H24N2O3/c22-18(20-14-10-12-6-7-17(14)23-12)21-15-11-19(8-3-9-19)24-16-5-2-1-4-13(15)16/h1-2,4-5,12,14-15,17H,3,6-11H2,(H2,20,21,22)/t12-,14-,15+,17-/m1/s1. The van der Waals surface area contributed by atoms with Gasteiger partial charge in [-0.05, 0) is 44.6 Å². The average molecular weight is 328 g/mol. The van der Waals surface area contributed by atoms with Gasteiger partial charge in [0.1, 0.15) is 11.4 Å². The minimum atomic E-state index is -0.0765. The van der Waals surface area contributed by atoms with Crippen LogP contribution in [0, 0.1) is 0 Å². The molecule has 1 saturated carbocycles. The maximum Gasteiger partial charge on any atom is 0.315 e. The van der Waals surface area contributed by atoms with E-state index in [0.29, 0.717) is 6.10 Å². The summed E-state index contributed by atoms with van der Waals surface area (Å²) in [5.41, 5.74) is 1.02. The lowest BCUT2D eigenvalue weighted by Crippen LogP contribution is -2.52. The van der Waals surface area contributed by atoms with Gasteiger partial charge in [-0.2, -0.15) is 0 Å². The van der Waals surface area contributed by atoms with Crippen molar-refractivity contribution in [2.75, 3.05) is 0 Å². The van der Waals surface area contributed by atoms with Crippen LogP contribution in [0.2, 0.25) is 0 Å². The maximum absolute atomic E-state index is 12.6. The molecule has 3 aliphatic heterocycles. The first-order chi connectivity index (χ1) is 11.7. The van der Waals surface area contributed by atoms with E-state index in [4.69, 9.17) is 9.47 Å².